The van der Waals surface area contributed by atoms with Crippen molar-refractivity contribution < 1.29 is 18.4 Å². The molecule has 1 aromatic rings. The van der Waals surface area contributed by atoms with Crippen LogP contribution in [0.1, 0.15) is 25.5 Å². The average Bonchev–Trinajstić information content (AvgIpc) is 2.37. The Labute approximate surface area is 119 Å². The molecule has 19 heavy (non-hydrogen) atoms. The van der Waals surface area contributed by atoms with Crippen molar-refractivity contribution >= 4 is 31.5 Å². The standard InChI is InChI=1S/C11H14BrNO5S/c1-3-19(17,18)11(2,12)10(14)8-5-4-6-9(7-8)13(15)16/h4-7,10,14H,3H2,1-2H3/t10-,11+/m0/s1. The number of halogens is 1. The molecule has 0 spiro atoms. The van der Waals surface area contributed by atoms with Crippen molar-refractivity contribution in [2.45, 2.75) is 23.6 Å². The van der Waals surface area contributed by atoms with Gasteiger partial charge in [0.05, 0.1) is 4.92 Å². The number of rotatable bonds is 5. The van der Waals surface area contributed by atoms with E-state index in [2.05, 4.69) is 15.9 Å². The first kappa shape index (κ1) is 16.1. The molecule has 0 amide bonds. The van der Waals surface area contributed by atoms with Crippen LogP contribution in [0.4, 0.5) is 5.69 Å². The number of nitrogens with zero attached hydrogens (tertiary/aromatic N) is 1. The van der Waals surface area contributed by atoms with Crippen LogP contribution in [-0.2, 0) is 9.84 Å². The van der Waals surface area contributed by atoms with Crippen LogP contribution in [0.3, 0.4) is 0 Å². The summed E-state index contributed by atoms with van der Waals surface area (Å²) in [5, 5.41) is 20.8. The number of non-ortho nitro benzene ring substituents is 1. The third kappa shape index (κ3) is 3.13. The second-order valence-electron chi connectivity index (χ2n) is 4.14. The van der Waals surface area contributed by atoms with Gasteiger partial charge in [-0.25, -0.2) is 8.42 Å². The average molecular weight is 352 g/mol. The van der Waals surface area contributed by atoms with Crippen molar-refractivity contribution in [2.24, 2.45) is 0 Å². The van der Waals surface area contributed by atoms with Crippen LogP contribution < -0.4 is 0 Å². The van der Waals surface area contributed by atoms with E-state index in [9.17, 15) is 23.6 Å². The Hall–Kier alpha value is -0.990. The lowest BCUT2D eigenvalue weighted by Crippen LogP contribution is -2.36. The van der Waals surface area contributed by atoms with Gasteiger partial charge in [0.25, 0.3) is 5.69 Å². The van der Waals surface area contributed by atoms with E-state index in [1.807, 2.05) is 0 Å². The number of aliphatic hydroxyl groups excluding tert-OH is 1. The van der Waals surface area contributed by atoms with Gasteiger partial charge in [-0.05, 0) is 12.5 Å². The number of hydrogen-bond donors (Lipinski definition) is 1. The van der Waals surface area contributed by atoms with E-state index in [0.717, 1.165) is 6.07 Å². The highest BCUT2D eigenvalue weighted by molar-refractivity contribution is 9.11. The molecule has 0 saturated heterocycles. The number of aliphatic hydroxyl groups is 1. The summed E-state index contributed by atoms with van der Waals surface area (Å²) in [4.78, 5) is 10.1. The lowest BCUT2D eigenvalue weighted by atomic mass is 10.1. The molecular weight excluding hydrogens is 338 g/mol. The van der Waals surface area contributed by atoms with Crippen molar-refractivity contribution in [3.63, 3.8) is 0 Å². The highest BCUT2D eigenvalue weighted by atomic mass is 79.9. The zero-order valence-corrected chi connectivity index (χ0v) is 12.8. The fourth-order valence-electron chi connectivity index (χ4n) is 1.56. The predicted molar refractivity (Wildman–Crippen MR) is 74.8 cm³/mol. The zero-order chi connectivity index (χ0) is 14.8. The lowest BCUT2D eigenvalue weighted by molar-refractivity contribution is -0.385. The number of hydrogen-bond acceptors (Lipinski definition) is 5. The molecule has 6 nitrogen and oxygen atoms in total. The fraction of sp³-hybridized carbons (Fsp3) is 0.455. The highest BCUT2D eigenvalue weighted by Crippen LogP contribution is 2.39. The van der Waals surface area contributed by atoms with Crippen molar-refractivity contribution in [3.05, 3.63) is 39.9 Å². The highest BCUT2D eigenvalue weighted by Gasteiger charge is 2.43. The second kappa shape index (κ2) is 5.56. The first-order valence-corrected chi connectivity index (χ1v) is 7.91. The summed E-state index contributed by atoms with van der Waals surface area (Å²) in [6, 6.07) is 5.28. The Bertz CT molecular complexity index is 585. The smallest absolute Gasteiger partial charge is 0.269 e. The molecule has 2 atom stereocenters. The van der Waals surface area contributed by atoms with Gasteiger partial charge in [0.15, 0.2) is 13.5 Å². The predicted octanol–water partition coefficient (Wildman–Crippen LogP) is 2.17. The van der Waals surface area contributed by atoms with Gasteiger partial charge in [-0.2, -0.15) is 0 Å². The van der Waals surface area contributed by atoms with Crippen molar-refractivity contribution in [1.82, 2.24) is 0 Å². The number of sulfone groups is 1. The second-order valence-corrected chi connectivity index (χ2v) is 8.97. The Morgan fingerprint density at radius 1 is 1.53 bits per heavy atom. The van der Waals surface area contributed by atoms with Crippen molar-refractivity contribution in [1.29, 1.82) is 0 Å². The molecule has 8 heteroatoms. The summed E-state index contributed by atoms with van der Waals surface area (Å²) in [5.74, 6) is -0.152. The third-order valence-electron chi connectivity index (χ3n) is 2.87. The number of alkyl halides is 1. The lowest BCUT2D eigenvalue weighted by Gasteiger charge is -2.28. The van der Waals surface area contributed by atoms with E-state index in [1.165, 1.54) is 32.0 Å². The molecule has 0 aliphatic heterocycles. The Kier molecular flexibility index (Phi) is 4.70. The quantitative estimate of drug-likeness (QED) is 0.498. The van der Waals surface area contributed by atoms with Crippen LogP contribution >= 0.6 is 15.9 Å². The van der Waals surface area contributed by atoms with Gasteiger partial charge in [-0.15, -0.1) is 0 Å². The van der Waals surface area contributed by atoms with Gasteiger partial charge < -0.3 is 5.11 Å². The maximum atomic E-state index is 11.9. The molecule has 1 rings (SSSR count). The summed E-state index contributed by atoms with van der Waals surface area (Å²) in [6.07, 6.45) is -1.41. The van der Waals surface area contributed by atoms with Gasteiger partial charge >= 0.3 is 0 Å². The molecule has 106 valence electrons. The third-order valence-corrected chi connectivity index (χ3v) is 6.99. The summed E-state index contributed by atoms with van der Waals surface area (Å²) >= 11 is 3.02. The molecule has 0 unspecified atom stereocenters. The van der Waals surface area contributed by atoms with Crippen LogP contribution in [0.5, 0.6) is 0 Å². The molecule has 1 aromatic carbocycles. The number of benzene rings is 1. The number of nitro benzene ring substituents is 1. The maximum Gasteiger partial charge on any atom is 0.269 e. The van der Waals surface area contributed by atoms with E-state index in [0.29, 0.717) is 0 Å². The molecule has 0 aliphatic carbocycles. The zero-order valence-electron chi connectivity index (χ0n) is 10.4. The molecule has 0 heterocycles. The largest absolute Gasteiger partial charge is 0.386 e. The van der Waals surface area contributed by atoms with Crippen LogP contribution in [-0.4, -0.2) is 27.9 Å². The Balaban J connectivity index is 3.24. The van der Waals surface area contributed by atoms with Crippen LogP contribution in [0.15, 0.2) is 24.3 Å². The van der Waals surface area contributed by atoms with Gasteiger partial charge in [0.2, 0.25) is 0 Å². The molecule has 0 bridgehead atoms. The minimum Gasteiger partial charge on any atom is -0.386 e. The van der Waals surface area contributed by atoms with Crippen LogP contribution in [0.25, 0.3) is 0 Å². The van der Waals surface area contributed by atoms with Crippen molar-refractivity contribution in [3.8, 4) is 0 Å². The van der Waals surface area contributed by atoms with Crippen LogP contribution in [0.2, 0.25) is 0 Å². The molecule has 0 saturated carbocycles. The summed E-state index contributed by atoms with van der Waals surface area (Å²) in [5.41, 5.74) is -0.0284. The first-order chi connectivity index (χ1) is 8.63. The summed E-state index contributed by atoms with van der Waals surface area (Å²) < 4.78 is 22.2. The van der Waals surface area contributed by atoms with Gasteiger partial charge in [-0.1, -0.05) is 35.0 Å². The number of nitro groups is 1. The summed E-state index contributed by atoms with van der Waals surface area (Å²) in [7, 11) is -3.58. The normalized spacial score (nSPS) is 16.6. The first-order valence-electron chi connectivity index (χ1n) is 5.47. The van der Waals surface area contributed by atoms with E-state index in [4.69, 9.17) is 0 Å². The summed E-state index contributed by atoms with van der Waals surface area (Å²) in [6.45, 7) is 2.80. The van der Waals surface area contributed by atoms with E-state index >= 15 is 0 Å². The SMILES string of the molecule is CCS(=O)(=O)[C@@](C)(Br)[C@@H](O)c1cccc([N+](=O)[O-])c1. The minimum absolute atomic E-state index is 0.152. The molecule has 0 radical (unpaired) electrons. The van der Waals surface area contributed by atoms with E-state index in [-0.39, 0.29) is 17.0 Å². The Morgan fingerprint density at radius 2 is 2.11 bits per heavy atom. The topological polar surface area (TPSA) is 97.5 Å². The molecular formula is C11H14BrNO5S. The molecule has 0 aliphatic rings. The monoisotopic (exact) mass is 351 g/mol. The molecule has 0 aromatic heterocycles. The maximum absolute atomic E-state index is 11.9. The van der Waals surface area contributed by atoms with E-state index in [1.54, 1.807) is 0 Å². The fourth-order valence-corrected chi connectivity index (χ4v) is 3.55. The van der Waals surface area contributed by atoms with Gasteiger partial charge in [-0.3, -0.25) is 10.1 Å². The minimum atomic E-state index is -3.58. The van der Waals surface area contributed by atoms with Gasteiger partial charge in [0.1, 0.15) is 6.10 Å². The Morgan fingerprint density at radius 3 is 2.58 bits per heavy atom. The van der Waals surface area contributed by atoms with Gasteiger partial charge in [0, 0.05) is 17.9 Å². The van der Waals surface area contributed by atoms with E-state index < -0.39 is 24.5 Å². The van der Waals surface area contributed by atoms with Crippen molar-refractivity contribution in [2.75, 3.05) is 5.75 Å². The van der Waals surface area contributed by atoms with Crippen LogP contribution in [0, 0.1) is 10.1 Å². The molecule has 1 N–H and O–H groups in total. The molecule has 0 fully saturated rings.